The topological polar surface area (TPSA) is 12.5 Å². The molecule has 0 rings (SSSR count). The van der Waals surface area contributed by atoms with Crippen molar-refractivity contribution in [3.05, 3.63) is 0 Å². The molecule has 0 aromatic carbocycles. The lowest BCUT2D eigenvalue weighted by Crippen LogP contribution is -2.32. The lowest BCUT2D eigenvalue weighted by Gasteiger charge is -2.32. The van der Waals surface area contributed by atoms with Crippen molar-refractivity contribution in [2.75, 3.05) is 19.6 Å². The Hall–Kier alpha value is 0.137. The third-order valence-electron chi connectivity index (χ3n) is 3.72. The van der Waals surface area contributed by atoms with Gasteiger partial charge in [-0.05, 0) is 45.3 Å². The quantitative estimate of drug-likeness (QED) is 0.563. The molecule has 0 atom stereocenters. The number of nitrogens with zero attached hydrogens (tertiary/aromatic N) is 1. The van der Waals surface area contributed by atoms with E-state index in [0.717, 1.165) is 23.3 Å². The van der Waals surface area contributed by atoms with Gasteiger partial charge in [-0.15, -0.1) is 0 Å². The standard InChI is InChI=1S/C12H29NOSi/c1-5-12(6-2,14-15)10-9-11-13(7-3)8-4/h5-11H2,1-4,15H3. The molecule has 0 amide bonds. The van der Waals surface area contributed by atoms with Crippen molar-refractivity contribution >= 4 is 10.5 Å². The zero-order valence-electron chi connectivity index (χ0n) is 11.3. The van der Waals surface area contributed by atoms with Gasteiger partial charge in [0.2, 0.25) is 0 Å². The first kappa shape index (κ1) is 15.1. The Kier molecular flexibility index (Phi) is 8.38. The molecular formula is C12H29NOSi. The van der Waals surface area contributed by atoms with Crippen LogP contribution in [-0.4, -0.2) is 40.6 Å². The Morgan fingerprint density at radius 1 is 1.07 bits per heavy atom. The van der Waals surface area contributed by atoms with Gasteiger partial charge in [0.15, 0.2) is 0 Å². The SMILES string of the molecule is CCN(CC)CCCC(CC)(CC)O[SiH3]. The maximum atomic E-state index is 5.81. The molecule has 2 nitrogen and oxygen atoms in total. The van der Waals surface area contributed by atoms with E-state index in [1.54, 1.807) is 0 Å². The third-order valence-corrected chi connectivity index (χ3v) is 4.59. The Balaban J connectivity index is 3.89. The maximum absolute atomic E-state index is 5.81. The van der Waals surface area contributed by atoms with E-state index in [0.29, 0.717) is 0 Å². The molecule has 0 radical (unpaired) electrons. The summed E-state index contributed by atoms with van der Waals surface area (Å²) < 4.78 is 5.81. The van der Waals surface area contributed by atoms with Gasteiger partial charge in [-0.25, -0.2) is 0 Å². The largest absolute Gasteiger partial charge is 0.422 e. The minimum atomic E-state index is 0.194. The molecule has 0 aromatic heterocycles. The van der Waals surface area contributed by atoms with Gasteiger partial charge in [-0.1, -0.05) is 27.7 Å². The van der Waals surface area contributed by atoms with Crippen LogP contribution in [-0.2, 0) is 4.43 Å². The minimum absolute atomic E-state index is 0.194. The molecule has 0 saturated heterocycles. The van der Waals surface area contributed by atoms with Crippen LogP contribution in [0.5, 0.6) is 0 Å². The van der Waals surface area contributed by atoms with E-state index >= 15 is 0 Å². The fourth-order valence-electron chi connectivity index (χ4n) is 2.16. The summed E-state index contributed by atoms with van der Waals surface area (Å²) in [6.07, 6.45) is 4.81. The monoisotopic (exact) mass is 231 g/mol. The van der Waals surface area contributed by atoms with Gasteiger partial charge in [-0.2, -0.15) is 0 Å². The fraction of sp³-hybridized carbons (Fsp3) is 1.00. The summed E-state index contributed by atoms with van der Waals surface area (Å²) >= 11 is 0. The second-order valence-electron chi connectivity index (χ2n) is 4.22. The first-order chi connectivity index (χ1) is 7.17. The summed E-state index contributed by atoms with van der Waals surface area (Å²) in [6, 6.07) is 0. The van der Waals surface area contributed by atoms with Gasteiger partial charge < -0.3 is 9.33 Å². The van der Waals surface area contributed by atoms with Crippen LogP contribution >= 0.6 is 0 Å². The van der Waals surface area contributed by atoms with Crippen LogP contribution in [0.15, 0.2) is 0 Å². The molecule has 0 spiro atoms. The van der Waals surface area contributed by atoms with E-state index in [1.807, 2.05) is 0 Å². The lowest BCUT2D eigenvalue weighted by atomic mass is 9.92. The van der Waals surface area contributed by atoms with Crippen LogP contribution < -0.4 is 0 Å². The normalized spacial score (nSPS) is 12.6. The summed E-state index contributed by atoms with van der Waals surface area (Å²) in [5, 5.41) is 0. The van der Waals surface area contributed by atoms with Gasteiger partial charge >= 0.3 is 0 Å². The first-order valence-corrected chi connectivity index (χ1v) is 7.27. The van der Waals surface area contributed by atoms with Crippen LogP contribution in [0, 0.1) is 0 Å². The number of hydrogen-bond donors (Lipinski definition) is 0. The third kappa shape index (κ3) is 5.14. The molecule has 0 unspecified atom stereocenters. The van der Waals surface area contributed by atoms with Crippen molar-refractivity contribution in [3.8, 4) is 0 Å². The summed E-state index contributed by atoms with van der Waals surface area (Å²) in [5.41, 5.74) is 0.194. The van der Waals surface area contributed by atoms with Gasteiger partial charge in [0.1, 0.15) is 10.5 Å². The Morgan fingerprint density at radius 3 is 1.93 bits per heavy atom. The second-order valence-corrected chi connectivity index (χ2v) is 4.63. The van der Waals surface area contributed by atoms with Crippen LogP contribution in [0.25, 0.3) is 0 Å². The highest BCUT2D eigenvalue weighted by atomic mass is 28.2. The molecule has 0 N–H and O–H groups in total. The molecule has 0 aliphatic carbocycles. The maximum Gasteiger partial charge on any atom is 0.146 e. The minimum Gasteiger partial charge on any atom is -0.422 e. The number of hydrogen-bond acceptors (Lipinski definition) is 2. The van der Waals surface area contributed by atoms with Crippen molar-refractivity contribution in [3.63, 3.8) is 0 Å². The van der Waals surface area contributed by atoms with E-state index in [-0.39, 0.29) is 5.60 Å². The summed E-state index contributed by atoms with van der Waals surface area (Å²) in [4.78, 5) is 2.49. The smallest absolute Gasteiger partial charge is 0.146 e. The van der Waals surface area contributed by atoms with Crippen LogP contribution in [0.4, 0.5) is 0 Å². The molecule has 0 saturated carbocycles. The average Bonchev–Trinajstić information content (AvgIpc) is 2.31. The highest BCUT2D eigenvalue weighted by Crippen LogP contribution is 2.25. The van der Waals surface area contributed by atoms with Crippen molar-refractivity contribution in [2.24, 2.45) is 0 Å². The molecule has 0 fully saturated rings. The van der Waals surface area contributed by atoms with E-state index in [2.05, 4.69) is 32.6 Å². The highest BCUT2D eigenvalue weighted by molar-refractivity contribution is 5.98. The molecule has 3 heteroatoms. The average molecular weight is 231 g/mol. The molecule has 0 aromatic rings. The van der Waals surface area contributed by atoms with Crippen molar-refractivity contribution in [2.45, 2.75) is 59.0 Å². The summed E-state index contributed by atoms with van der Waals surface area (Å²) in [5.74, 6) is 0. The fourth-order valence-corrected chi connectivity index (χ4v) is 2.94. The van der Waals surface area contributed by atoms with E-state index in [4.69, 9.17) is 4.43 Å². The molecular weight excluding hydrogens is 202 g/mol. The molecule has 92 valence electrons. The molecule has 0 aliphatic heterocycles. The van der Waals surface area contributed by atoms with E-state index in [1.165, 1.54) is 32.5 Å². The van der Waals surface area contributed by atoms with Crippen LogP contribution in [0.2, 0.25) is 0 Å². The first-order valence-electron chi connectivity index (χ1n) is 6.45. The van der Waals surface area contributed by atoms with E-state index < -0.39 is 0 Å². The van der Waals surface area contributed by atoms with E-state index in [9.17, 15) is 0 Å². The lowest BCUT2D eigenvalue weighted by molar-refractivity contribution is 0.0558. The predicted molar refractivity (Wildman–Crippen MR) is 71.4 cm³/mol. The van der Waals surface area contributed by atoms with Gasteiger partial charge in [0, 0.05) is 0 Å². The van der Waals surface area contributed by atoms with Crippen molar-refractivity contribution in [1.82, 2.24) is 4.90 Å². The Morgan fingerprint density at radius 2 is 1.60 bits per heavy atom. The highest BCUT2D eigenvalue weighted by Gasteiger charge is 2.23. The Bertz CT molecular complexity index is 136. The molecule has 0 heterocycles. The van der Waals surface area contributed by atoms with Crippen LogP contribution in [0.3, 0.4) is 0 Å². The van der Waals surface area contributed by atoms with Gasteiger partial charge in [-0.3, -0.25) is 0 Å². The van der Waals surface area contributed by atoms with Gasteiger partial charge in [0.25, 0.3) is 0 Å². The summed E-state index contributed by atoms with van der Waals surface area (Å²) in [7, 11) is 0.867. The zero-order valence-corrected chi connectivity index (χ0v) is 13.3. The second kappa shape index (κ2) is 8.31. The molecule has 0 bridgehead atoms. The van der Waals surface area contributed by atoms with Crippen molar-refractivity contribution in [1.29, 1.82) is 0 Å². The predicted octanol–water partition coefficient (Wildman–Crippen LogP) is 1.96. The number of rotatable bonds is 9. The Labute approximate surface area is 98.9 Å². The van der Waals surface area contributed by atoms with Crippen molar-refractivity contribution < 1.29 is 4.43 Å². The zero-order chi connectivity index (χ0) is 11.7. The summed E-state index contributed by atoms with van der Waals surface area (Å²) in [6.45, 7) is 12.5. The van der Waals surface area contributed by atoms with Crippen LogP contribution in [0.1, 0.15) is 53.4 Å². The molecule has 0 aliphatic rings. The molecule has 15 heavy (non-hydrogen) atoms. The van der Waals surface area contributed by atoms with Gasteiger partial charge in [0.05, 0.1) is 5.60 Å².